The number of hydrogen-bond donors (Lipinski definition) is 0. The van der Waals surface area contributed by atoms with Crippen molar-refractivity contribution in [3.63, 3.8) is 0 Å². The first-order valence-corrected chi connectivity index (χ1v) is 9.89. The van der Waals surface area contributed by atoms with Crippen LogP contribution < -0.4 is 0 Å². The molecule has 0 N–H and O–H groups in total. The molecule has 0 saturated carbocycles. The Morgan fingerprint density at radius 1 is 1.07 bits per heavy atom. The van der Waals surface area contributed by atoms with E-state index < -0.39 is 5.97 Å². The highest BCUT2D eigenvalue weighted by Crippen LogP contribution is 2.20. The third kappa shape index (κ3) is 6.17. The zero-order chi connectivity index (χ0) is 19.9. The number of halogens is 3. The summed E-state index contributed by atoms with van der Waals surface area (Å²) < 4.78 is 0. The van der Waals surface area contributed by atoms with Gasteiger partial charge in [0.15, 0.2) is 5.16 Å². The van der Waals surface area contributed by atoms with Crippen molar-refractivity contribution in [2.75, 3.05) is 0 Å². The molecule has 28 heavy (non-hydrogen) atoms. The van der Waals surface area contributed by atoms with E-state index in [0.717, 1.165) is 5.56 Å². The molecule has 0 aliphatic carbocycles. The number of aromatic nitrogens is 3. The Morgan fingerprint density at radius 2 is 1.79 bits per heavy atom. The maximum Gasteiger partial charge on any atom is 0.365 e. The molecule has 10 heteroatoms. The third-order valence-electron chi connectivity index (χ3n) is 3.26. The fraction of sp³-hybridized carbons (Fsp3) is 0.0556. The lowest BCUT2D eigenvalue weighted by atomic mass is 10.2. The van der Waals surface area contributed by atoms with Crippen molar-refractivity contribution in [2.45, 2.75) is 10.9 Å². The van der Waals surface area contributed by atoms with Gasteiger partial charge in [-0.2, -0.15) is 0 Å². The van der Waals surface area contributed by atoms with Crippen LogP contribution in [-0.2, 0) is 10.6 Å². The molecule has 0 atom stereocenters. The van der Waals surface area contributed by atoms with Crippen LogP contribution in [0.1, 0.15) is 21.6 Å². The first-order valence-electron chi connectivity index (χ1n) is 7.78. The molecule has 0 fully saturated rings. The molecule has 2 heterocycles. The molecule has 2 aromatic heterocycles. The molecule has 0 spiro atoms. The van der Waals surface area contributed by atoms with Crippen molar-refractivity contribution >= 4 is 58.7 Å². The Morgan fingerprint density at radius 3 is 2.50 bits per heavy atom. The van der Waals surface area contributed by atoms with Gasteiger partial charge in [-0.15, -0.1) is 0 Å². The lowest BCUT2D eigenvalue weighted by Gasteiger charge is -2.02. The predicted octanol–water partition coefficient (Wildman–Crippen LogP) is 5.32. The molecule has 0 amide bonds. The molecular formula is C18H11Cl3N4O2S. The number of rotatable bonds is 6. The second kappa shape index (κ2) is 9.84. The standard InChI is InChI=1S/C18H11Cl3N4O2S/c19-13-3-1-11(2-4-13)10-28-18-22-6-5-14(24-18)9-23-27-17(26)12-7-15(20)25-16(21)8-12/h1-9H,10H2/b23-9+. The quantitative estimate of drug-likeness (QED) is 0.126. The third-order valence-corrected chi connectivity index (χ3v) is 4.83. The van der Waals surface area contributed by atoms with Crippen molar-refractivity contribution in [2.24, 2.45) is 5.16 Å². The summed E-state index contributed by atoms with van der Waals surface area (Å²) in [6.07, 6.45) is 2.92. The van der Waals surface area contributed by atoms with Gasteiger partial charge in [0.05, 0.1) is 17.5 Å². The van der Waals surface area contributed by atoms with E-state index in [9.17, 15) is 4.79 Å². The van der Waals surface area contributed by atoms with Gasteiger partial charge in [0.1, 0.15) is 10.3 Å². The van der Waals surface area contributed by atoms with Crippen LogP contribution in [0, 0.1) is 0 Å². The minimum atomic E-state index is -0.714. The Kier molecular flexibility index (Phi) is 7.22. The summed E-state index contributed by atoms with van der Waals surface area (Å²) >= 11 is 18.9. The van der Waals surface area contributed by atoms with Gasteiger partial charge in [-0.05, 0) is 35.9 Å². The topological polar surface area (TPSA) is 77.3 Å². The molecule has 3 aromatic rings. The van der Waals surface area contributed by atoms with Crippen LogP contribution in [0.4, 0.5) is 0 Å². The molecule has 0 aliphatic heterocycles. The van der Waals surface area contributed by atoms with E-state index in [0.29, 0.717) is 21.6 Å². The van der Waals surface area contributed by atoms with Crippen molar-refractivity contribution < 1.29 is 9.63 Å². The number of hydrogen-bond acceptors (Lipinski definition) is 7. The molecule has 3 rings (SSSR count). The van der Waals surface area contributed by atoms with E-state index in [4.69, 9.17) is 39.6 Å². The summed E-state index contributed by atoms with van der Waals surface area (Å²) in [5, 5.41) is 5.08. The van der Waals surface area contributed by atoms with Gasteiger partial charge in [0.25, 0.3) is 0 Å². The average molecular weight is 454 g/mol. The highest BCUT2D eigenvalue weighted by molar-refractivity contribution is 7.98. The highest BCUT2D eigenvalue weighted by atomic mass is 35.5. The lowest BCUT2D eigenvalue weighted by Crippen LogP contribution is -2.02. The first kappa shape index (κ1) is 20.5. The van der Waals surface area contributed by atoms with Crippen LogP contribution >= 0.6 is 46.6 Å². The zero-order valence-electron chi connectivity index (χ0n) is 14.1. The number of nitrogens with zero attached hydrogens (tertiary/aromatic N) is 4. The van der Waals surface area contributed by atoms with Gasteiger partial charge in [0, 0.05) is 17.0 Å². The molecule has 0 saturated heterocycles. The normalized spacial score (nSPS) is 11.0. The molecule has 0 bridgehead atoms. The van der Waals surface area contributed by atoms with Crippen LogP contribution in [0.25, 0.3) is 0 Å². The summed E-state index contributed by atoms with van der Waals surface area (Å²) in [6.45, 7) is 0. The van der Waals surface area contributed by atoms with Crippen molar-refractivity contribution in [3.8, 4) is 0 Å². The van der Waals surface area contributed by atoms with E-state index in [1.807, 2.05) is 24.3 Å². The summed E-state index contributed by atoms with van der Waals surface area (Å²) in [5.41, 5.74) is 1.73. The molecule has 0 unspecified atom stereocenters. The smallest absolute Gasteiger partial charge is 0.313 e. The monoisotopic (exact) mass is 452 g/mol. The largest absolute Gasteiger partial charge is 0.365 e. The second-order valence-electron chi connectivity index (χ2n) is 5.29. The van der Waals surface area contributed by atoms with Gasteiger partial charge >= 0.3 is 5.97 Å². The Hall–Kier alpha value is -2.19. The Balaban J connectivity index is 1.59. The van der Waals surface area contributed by atoms with E-state index in [2.05, 4.69) is 20.1 Å². The summed E-state index contributed by atoms with van der Waals surface area (Å²) in [4.78, 5) is 29.1. The van der Waals surface area contributed by atoms with Crippen molar-refractivity contribution in [1.82, 2.24) is 15.0 Å². The fourth-order valence-electron chi connectivity index (χ4n) is 1.99. The number of carbonyl (C=O) groups is 1. The number of pyridine rings is 1. The molecule has 1 aromatic carbocycles. The molecule has 0 aliphatic rings. The molecule has 142 valence electrons. The number of benzene rings is 1. The number of oxime groups is 1. The summed E-state index contributed by atoms with van der Waals surface area (Å²) in [7, 11) is 0. The van der Waals surface area contributed by atoms with Gasteiger partial charge in [0.2, 0.25) is 0 Å². The van der Waals surface area contributed by atoms with E-state index in [-0.39, 0.29) is 15.9 Å². The first-order chi connectivity index (χ1) is 13.5. The van der Waals surface area contributed by atoms with Crippen molar-refractivity contribution in [3.05, 3.63) is 80.8 Å². The van der Waals surface area contributed by atoms with E-state index in [1.54, 1.807) is 12.3 Å². The minimum Gasteiger partial charge on any atom is -0.313 e. The summed E-state index contributed by atoms with van der Waals surface area (Å²) in [6, 6.07) is 11.9. The Bertz CT molecular complexity index is 996. The van der Waals surface area contributed by atoms with Crippen LogP contribution in [0.5, 0.6) is 0 Å². The number of carbonyl (C=O) groups excluding carboxylic acids is 1. The zero-order valence-corrected chi connectivity index (χ0v) is 17.1. The van der Waals surface area contributed by atoms with Gasteiger partial charge in [-0.25, -0.2) is 19.7 Å². The second-order valence-corrected chi connectivity index (χ2v) is 7.45. The molecule has 6 nitrogen and oxygen atoms in total. The molecular weight excluding hydrogens is 443 g/mol. The minimum absolute atomic E-state index is 0.0848. The van der Waals surface area contributed by atoms with E-state index in [1.165, 1.54) is 30.1 Å². The Labute approximate surface area is 179 Å². The maximum atomic E-state index is 12.0. The summed E-state index contributed by atoms with van der Waals surface area (Å²) in [5.74, 6) is -0.0232. The lowest BCUT2D eigenvalue weighted by molar-refractivity contribution is 0.0519. The van der Waals surface area contributed by atoms with Gasteiger partial charge in [-0.3, -0.25) is 0 Å². The average Bonchev–Trinajstić information content (AvgIpc) is 2.67. The van der Waals surface area contributed by atoms with Crippen LogP contribution in [0.15, 0.2) is 59.0 Å². The van der Waals surface area contributed by atoms with Crippen LogP contribution in [-0.4, -0.2) is 27.1 Å². The fourth-order valence-corrected chi connectivity index (χ4v) is 3.37. The van der Waals surface area contributed by atoms with Crippen molar-refractivity contribution in [1.29, 1.82) is 0 Å². The number of thioether (sulfide) groups is 1. The van der Waals surface area contributed by atoms with Crippen LogP contribution in [0.2, 0.25) is 15.3 Å². The predicted molar refractivity (Wildman–Crippen MR) is 110 cm³/mol. The van der Waals surface area contributed by atoms with E-state index >= 15 is 0 Å². The van der Waals surface area contributed by atoms with Gasteiger partial charge < -0.3 is 4.84 Å². The SMILES string of the molecule is O=C(O/N=C/c1ccnc(SCc2ccc(Cl)cc2)n1)c1cc(Cl)nc(Cl)c1. The maximum absolute atomic E-state index is 12.0. The molecule has 0 radical (unpaired) electrons. The van der Waals surface area contributed by atoms with Gasteiger partial charge in [-0.1, -0.05) is 63.9 Å². The van der Waals surface area contributed by atoms with Crippen LogP contribution in [0.3, 0.4) is 0 Å². The highest BCUT2D eigenvalue weighted by Gasteiger charge is 2.10.